The van der Waals surface area contributed by atoms with Crippen molar-refractivity contribution >= 4 is 16.7 Å². The molecule has 1 aromatic heterocycles. The van der Waals surface area contributed by atoms with Crippen LogP contribution in [0.15, 0.2) is 29.1 Å². The van der Waals surface area contributed by atoms with Crippen LogP contribution in [0, 0.1) is 11.3 Å². The van der Waals surface area contributed by atoms with Gasteiger partial charge in [-0.05, 0) is 6.07 Å². The van der Waals surface area contributed by atoms with E-state index in [9.17, 15) is 9.59 Å². The van der Waals surface area contributed by atoms with Crippen molar-refractivity contribution in [2.45, 2.75) is 13.0 Å². The first-order chi connectivity index (χ1) is 9.17. The number of fused-ring (bicyclic) bond motifs is 1. The molecular formula is C13H11N3O3. The summed E-state index contributed by atoms with van der Waals surface area (Å²) in [5.41, 5.74) is 0.0862. The highest BCUT2D eigenvalue weighted by Gasteiger charge is 2.13. The van der Waals surface area contributed by atoms with Crippen LogP contribution in [0.4, 0.5) is 0 Å². The zero-order chi connectivity index (χ0) is 13.8. The maximum atomic E-state index is 12.1. The molecule has 19 heavy (non-hydrogen) atoms. The number of ether oxygens (including phenoxy) is 1. The minimum absolute atomic E-state index is 0.0390. The molecule has 0 fully saturated rings. The summed E-state index contributed by atoms with van der Waals surface area (Å²) in [6, 6.07) is 8.72. The summed E-state index contributed by atoms with van der Waals surface area (Å²) in [5.74, 6) is -0.445. The zero-order valence-corrected chi connectivity index (χ0v) is 10.3. The van der Waals surface area contributed by atoms with Crippen molar-refractivity contribution in [3.8, 4) is 6.07 Å². The summed E-state index contributed by atoms with van der Waals surface area (Å²) < 4.78 is 5.66. The Kier molecular flexibility index (Phi) is 3.57. The molecule has 0 unspecified atom stereocenters. The molecule has 0 saturated heterocycles. The second-order valence-electron chi connectivity index (χ2n) is 3.87. The van der Waals surface area contributed by atoms with E-state index in [4.69, 9.17) is 5.26 Å². The number of aromatic nitrogens is 2. The number of benzene rings is 1. The summed E-state index contributed by atoms with van der Waals surface area (Å²) in [4.78, 5) is 23.4. The number of carbonyl (C=O) groups excluding carboxylic acids is 1. The van der Waals surface area contributed by atoms with Crippen LogP contribution in [0.5, 0.6) is 0 Å². The van der Waals surface area contributed by atoms with Crippen LogP contribution in [0.1, 0.15) is 5.69 Å². The Morgan fingerprint density at radius 2 is 2.11 bits per heavy atom. The van der Waals surface area contributed by atoms with Gasteiger partial charge in [0.05, 0.1) is 30.7 Å². The molecule has 6 heteroatoms. The summed E-state index contributed by atoms with van der Waals surface area (Å²) in [6.45, 7) is -0.155. The lowest BCUT2D eigenvalue weighted by Crippen LogP contribution is -2.25. The molecule has 1 heterocycles. The Morgan fingerprint density at radius 3 is 2.74 bits per heavy atom. The van der Waals surface area contributed by atoms with Crippen molar-refractivity contribution in [2.75, 3.05) is 7.11 Å². The minimum atomic E-state index is -0.445. The average Bonchev–Trinajstić information content (AvgIpc) is 2.44. The molecular weight excluding hydrogens is 246 g/mol. The fourth-order valence-corrected chi connectivity index (χ4v) is 1.82. The van der Waals surface area contributed by atoms with Crippen LogP contribution < -0.4 is 5.56 Å². The van der Waals surface area contributed by atoms with Gasteiger partial charge in [0.15, 0.2) is 0 Å². The molecule has 2 aromatic rings. The Balaban J connectivity index is 2.68. The van der Waals surface area contributed by atoms with Gasteiger partial charge in [-0.15, -0.1) is 0 Å². The van der Waals surface area contributed by atoms with Gasteiger partial charge in [-0.3, -0.25) is 9.59 Å². The molecule has 6 nitrogen and oxygen atoms in total. The largest absolute Gasteiger partial charge is 0.469 e. The zero-order valence-electron chi connectivity index (χ0n) is 10.3. The van der Waals surface area contributed by atoms with Crippen molar-refractivity contribution in [3.05, 3.63) is 40.3 Å². The summed E-state index contributed by atoms with van der Waals surface area (Å²) in [6.07, 6.45) is -0.0390. The van der Waals surface area contributed by atoms with E-state index in [2.05, 4.69) is 9.84 Å². The van der Waals surface area contributed by atoms with E-state index in [0.717, 1.165) is 4.68 Å². The minimum Gasteiger partial charge on any atom is -0.469 e. The van der Waals surface area contributed by atoms with Crippen LogP contribution >= 0.6 is 0 Å². The first kappa shape index (κ1) is 12.8. The lowest BCUT2D eigenvalue weighted by molar-refractivity contribution is -0.139. The molecule has 0 radical (unpaired) electrons. The number of carbonyl (C=O) groups is 1. The fourth-order valence-electron chi connectivity index (χ4n) is 1.82. The number of esters is 1. The van der Waals surface area contributed by atoms with Crippen LogP contribution in [0.2, 0.25) is 0 Å². The molecule has 1 aromatic carbocycles. The third kappa shape index (κ3) is 2.45. The molecule has 0 aliphatic rings. The van der Waals surface area contributed by atoms with E-state index in [1.165, 1.54) is 7.11 Å². The van der Waals surface area contributed by atoms with Gasteiger partial charge in [0.25, 0.3) is 5.56 Å². The van der Waals surface area contributed by atoms with E-state index >= 15 is 0 Å². The second kappa shape index (κ2) is 5.31. The van der Waals surface area contributed by atoms with E-state index in [-0.39, 0.29) is 18.5 Å². The van der Waals surface area contributed by atoms with Gasteiger partial charge in [0.1, 0.15) is 6.54 Å². The number of nitrogens with zero attached hydrogens (tertiary/aromatic N) is 3. The molecule has 0 aliphatic heterocycles. The topological polar surface area (TPSA) is 85.0 Å². The van der Waals surface area contributed by atoms with Gasteiger partial charge in [-0.25, -0.2) is 4.68 Å². The van der Waals surface area contributed by atoms with Gasteiger partial charge < -0.3 is 4.74 Å². The number of rotatable bonds is 3. The lowest BCUT2D eigenvalue weighted by atomic mass is 10.1. The predicted octanol–water partition coefficient (Wildman–Crippen LogP) is 0.636. The molecule has 0 spiro atoms. The first-order valence-corrected chi connectivity index (χ1v) is 5.60. The molecule has 96 valence electrons. The highest BCUT2D eigenvalue weighted by Crippen LogP contribution is 2.13. The Hall–Kier alpha value is -2.68. The Morgan fingerprint density at radius 1 is 1.42 bits per heavy atom. The van der Waals surface area contributed by atoms with Crippen molar-refractivity contribution in [1.29, 1.82) is 5.26 Å². The van der Waals surface area contributed by atoms with Gasteiger partial charge >= 0.3 is 5.97 Å². The van der Waals surface area contributed by atoms with Gasteiger partial charge in [-0.1, -0.05) is 18.2 Å². The molecule has 0 saturated carbocycles. The predicted molar refractivity (Wildman–Crippen MR) is 67.3 cm³/mol. The van der Waals surface area contributed by atoms with Crippen LogP contribution in [-0.2, 0) is 22.5 Å². The fraction of sp³-hybridized carbons (Fsp3) is 0.231. The molecule has 0 N–H and O–H groups in total. The normalized spacial score (nSPS) is 10.1. The first-order valence-electron chi connectivity index (χ1n) is 5.60. The number of nitriles is 1. The molecule has 2 rings (SSSR count). The van der Waals surface area contributed by atoms with E-state index in [1.54, 1.807) is 24.3 Å². The quantitative estimate of drug-likeness (QED) is 0.753. The molecule has 0 atom stereocenters. The third-order valence-electron chi connectivity index (χ3n) is 2.70. The van der Waals surface area contributed by atoms with Crippen molar-refractivity contribution in [3.63, 3.8) is 0 Å². The third-order valence-corrected chi connectivity index (χ3v) is 2.70. The molecule has 0 amide bonds. The second-order valence-corrected chi connectivity index (χ2v) is 3.87. The smallest absolute Gasteiger partial charge is 0.311 e. The van der Waals surface area contributed by atoms with E-state index < -0.39 is 5.97 Å². The SMILES string of the molecule is COC(=O)Cc1nn(CC#N)c(=O)c2ccccc12. The highest BCUT2D eigenvalue weighted by atomic mass is 16.5. The monoisotopic (exact) mass is 257 g/mol. The Labute approximate surface area is 108 Å². The van der Waals surface area contributed by atoms with Gasteiger partial charge in [0.2, 0.25) is 0 Å². The number of methoxy groups -OCH3 is 1. The van der Waals surface area contributed by atoms with E-state index in [1.807, 2.05) is 6.07 Å². The average molecular weight is 257 g/mol. The van der Waals surface area contributed by atoms with Crippen molar-refractivity contribution < 1.29 is 9.53 Å². The number of hydrogen-bond donors (Lipinski definition) is 0. The summed E-state index contributed by atoms with van der Waals surface area (Å²) in [7, 11) is 1.29. The van der Waals surface area contributed by atoms with Crippen LogP contribution in [0.25, 0.3) is 10.8 Å². The van der Waals surface area contributed by atoms with Gasteiger partial charge in [0, 0.05) is 5.39 Å². The Bertz CT molecular complexity index is 728. The lowest BCUT2D eigenvalue weighted by Gasteiger charge is -2.07. The maximum Gasteiger partial charge on any atom is 0.311 e. The van der Waals surface area contributed by atoms with Gasteiger partial charge in [-0.2, -0.15) is 10.4 Å². The molecule has 0 bridgehead atoms. The van der Waals surface area contributed by atoms with Crippen molar-refractivity contribution in [2.24, 2.45) is 0 Å². The van der Waals surface area contributed by atoms with E-state index in [0.29, 0.717) is 16.5 Å². The van der Waals surface area contributed by atoms with Crippen molar-refractivity contribution in [1.82, 2.24) is 9.78 Å². The standard InChI is InChI=1S/C13H11N3O3/c1-19-12(17)8-11-9-4-2-3-5-10(9)13(18)16(15-11)7-6-14/h2-5H,7-8H2,1H3. The number of hydrogen-bond acceptors (Lipinski definition) is 5. The molecule has 0 aliphatic carbocycles. The van der Waals surface area contributed by atoms with Crippen LogP contribution in [-0.4, -0.2) is 22.9 Å². The highest BCUT2D eigenvalue weighted by molar-refractivity contribution is 5.86. The maximum absolute atomic E-state index is 12.1. The summed E-state index contributed by atoms with van der Waals surface area (Å²) in [5, 5.41) is 13.8. The summed E-state index contributed by atoms with van der Waals surface area (Å²) >= 11 is 0. The van der Waals surface area contributed by atoms with Crippen LogP contribution in [0.3, 0.4) is 0 Å².